The van der Waals surface area contributed by atoms with E-state index in [4.69, 9.17) is 5.73 Å². The first kappa shape index (κ1) is 17.0. The molecular weight excluding hydrogens is 321 g/mol. The van der Waals surface area contributed by atoms with Gasteiger partial charge in [-0.3, -0.25) is 0 Å². The van der Waals surface area contributed by atoms with Crippen molar-refractivity contribution in [2.45, 2.75) is 19.0 Å². The van der Waals surface area contributed by atoms with Crippen LogP contribution >= 0.6 is 0 Å². The Hall–Kier alpha value is -2.35. The molecule has 3 nitrogen and oxygen atoms in total. The van der Waals surface area contributed by atoms with Crippen molar-refractivity contribution in [3.05, 3.63) is 59.7 Å². The minimum atomic E-state index is -4.76. The molecule has 0 saturated heterocycles. The van der Waals surface area contributed by atoms with E-state index in [-0.39, 0.29) is 11.5 Å². The van der Waals surface area contributed by atoms with Gasteiger partial charge < -0.3 is 15.2 Å². The van der Waals surface area contributed by atoms with Crippen molar-refractivity contribution in [2.24, 2.45) is 5.73 Å². The highest BCUT2D eigenvalue weighted by Gasteiger charge is 2.31. The molecule has 0 spiro atoms. The van der Waals surface area contributed by atoms with E-state index < -0.39 is 19.0 Å². The van der Waals surface area contributed by atoms with Gasteiger partial charge in [-0.1, -0.05) is 24.3 Å². The van der Waals surface area contributed by atoms with Crippen molar-refractivity contribution in [2.75, 3.05) is 0 Å². The third-order valence-corrected chi connectivity index (χ3v) is 2.94. The first-order chi connectivity index (χ1) is 10.7. The topological polar surface area (TPSA) is 44.5 Å². The minimum absolute atomic E-state index is 0.00937. The standard InChI is InChI=1S/C15H12F5NO2/c16-14(17)22-11-5-1-9(2-6-11)13(21)10-3-7-12(8-4-10)23-15(18,19)20/h1-8,13-14H,21H2/t13-/m1/s1. The molecule has 0 amide bonds. The zero-order chi connectivity index (χ0) is 17.0. The van der Waals surface area contributed by atoms with Crippen molar-refractivity contribution in [1.82, 2.24) is 0 Å². The summed E-state index contributed by atoms with van der Waals surface area (Å²) >= 11 is 0. The van der Waals surface area contributed by atoms with Gasteiger partial charge in [0.05, 0.1) is 6.04 Å². The second-order valence-electron chi connectivity index (χ2n) is 4.54. The molecule has 0 heterocycles. The van der Waals surface area contributed by atoms with Crippen molar-refractivity contribution < 1.29 is 31.4 Å². The lowest BCUT2D eigenvalue weighted by Gasteiger charge is -2.14. The molecule has 8 heteroatoms. The monoisotopic (exact) mass is 333 g/mol. The number of rotatable bonds is 5. The van der Waals surface area contributed by atoms with Crippen LogP contribution < -0.4 is 15.2 Å². The van der Waals surface area contributed by atoms with Gasteiger partial charge in [-0.15, -0.1) is 13.2 Å². The fraction of sp³-hybridized carbons (Fsp3) is 0.200. The third-order valence-electron chi connectivity index (χ3n) is 2.94. The van der Waals surface area contributed by atoms with Crippen LogP contribution in [0.25, 0.3) is 0 Å². The summed E-state index contributed by atoms with van der Waals surface area (Å²) in [5.41, 5.74) is 7.13. The summed E-state index contributed by atoms with van der Waals surface area (Å²) in [6, 6.07) is 10.1. The van der Waals surface area contributed by atoms with Crippen LogP contribution in [0.15, 0.2) is 48.5 Å². The van der Waals surface area contributed by atoms with E-state index in [0.717, 1.165) is 12.1 Å². The Kier molecular flexibility index (Phi) is 5.05. The van der Waals surface area contributed by atoms with Crippen molar-refractivity contribution in [3.8, 4) is 11.5 Å². The van der Waals surface area contributed by atoms with E-state index in [0.29, 0.717) is 11.1 Å². The summed E-state index contributed by atoms with van der Waals surface area (Å²) in [5.74, 6) is -0.362. The number of nitrogens with two attached hydrogens (primary N) is 1. The van der Waals surface area contributed by atoms with Crippen LogP contribution in [-0.4, -0.2) is 13.0 Å². The lowest BCUT2D eigenvalue weighted by atomic mass is 9.99. The van der Waals surface area contributed by atoms with Gasteiger partial charge in [0.25, 0.3) is 0 Å². The molecule has 0 fully saturated rings. The van der Waals surface area contributed by atoms with E-state index in [1.54, 1.807) is 0 Å². The quantitative estimate of drug-likeness (QED) is 0.833. The molecule has 2 aromatic carbocycles. The van der Waals surface area contributed by atoms with Crippen molar-refractivity contribution in [1.29, 1.82) is 0 Å². The predicted octanol–water partition coefficient (Wildman–Crippen LogP) is 4.23. The SMILES string of the molecule is N[C@H](c1ccc(OC(F)F)cc1)c1ccc(OC(F)(F)F)cc1. The molecule has 2 rings (SSSR count). The Labute approximate surface area is 128 Å². The van der Waals surface area contributed by atoms with Gasteiger partial charge in [0.1, 0.15) is 11.5 Å². The van der Waals surface area contributed by atoms with Crippen LogP contribution in [0, 0.1) is 0 Å². The summed E-state index contributed by atoms with van der Waals surface area (Å²) in [5, 5.41) is 0. The molecule has 0 saturated carbocycles. The first-order valence-corrected chi connectivity index (χ1v) is 6.40. The molecule has 2 N–H and O–H groups in total. The molecule has 0 bridgehead atoms. The van der Waals surface area contributed by atoms with Gasteiger partial charge >= 0.3 is 13.0 Å². The lowest BCUT2D eigenvalue weighted by Crippen LogP contribution is -2.17. The van der Waals surface area contributed by atoms with Crippen LogP contribution in [0.2, 0.25) is 0 Å². The maximum Gasteiger partial charge on any atom is 0.573 e. The predicted molar refractivity (Wildman–Crippen MR) is 72.2 cm³/mol. The molecule has 0 radical (unpaired) electrons. The minimum Gasteiger partial charge on any atom is -0.435 e. The summed E-state index contributed by atoms with van der Waals surface area (Å²) in [6.07, 6.45) is -4.76. The van der Waals surface area contributed by atoms with Crippen LogP contribution in [0.4, 0.5) is 22.0 Å². The van der Waals surface area contributed by atoms with Gasteiger partial charge in [0, 0.05) is 0 Å². The number of hydrogen-bond acceptors (Lipinski definition) is 3. The van der Waals surface area contributed by atoms with Crippen molar-refractivity contribution in [3.63, 3.8) is 0 Å². The molecule has 2 aromatic rings. The van der Waals surface area contributed by atoms with E-state index in [9.17, 15) is 22.0 Å². The third kappa shape index (κ3) is 5.10. The second kappa shape index (κ2) is 6.82. The van der Waals surface area contributed by atoms with Gasteiger partial charge in [0.15, 0.2) is 0 Å². The van der Waals surface area contributed by atoms with Crippen LogP contribution in [0.3, 0.4) is 0 Å². The number of benzene rings is 2. The molecular formula is C15H12F5NO2. The highest BCUT2D eigenvalue weighted by molar-refractivity contribution is 5.37. The summed E-state index contributed by atoms with van der Waals surface area (Å²) < 4.78 is 68.4. The van der Waals surface area contributed by atoms with Crippen LogP contribution in [0.5, 0.6) is 11.5 Å². The zero-order valence-corrected chi connectivity index (χ0v) is 11.6. The normalized spacial score (nSPS) is 13.0. The fourth-order valence-electron chi connectivity index (χ4n) is 1.93. The Morgan fingerprint density at radius 2 is 1.22 bits per heavy atom. The van der Waals surface area contributed by atoms with E-state index in [1.165, 1.54) is 36.4 Å². The van der Waals surface area contributed by atoms with Gasteiger partial charge in [0.2, 0.25) is 0 Å². The number of halogens is 5. The Balaban J connectivity index is 2.09. The van der Waals surface area contributed by atoms with E-state index in [2.05, 4.69) is 9.47 Å². The second-order valence-corrected chi connectivity index (χ2v) is 4.54. The number of ether oxygens (including phenoxy) is 2. The molecule has 1 atom stereocenters. The number of hydrogen-bond donors (Lipinski definition) is 1. The maximum atomic E-state index is 12.1. The molecule has 0 aliphatic rings. The molecule has 23 heavy (non-hydrogen) atoms. The van der Waals surface area contributed by atoms with E-state index in [1.807, 2.05) is 0 Å². The summed E-state index contributed by atoms with van der Waals surface area (Å²) in [7, 11) is 0. The van der Waals surface area contributed by atoms with Gasteiger partial charge in [-0.25, -0.2) is 0 Å². The summed E-state index contributed by atoms with van der Waals surface area (Å²) in [6.45, 7) is -2.92. The Morgan fingerprint density at radius 3 is 1.61 bits per heavy atom. The highest BCUT2D eigenvalue weighted by Crippen LogP contribution is 2.27. The van der Waals surface area contributed by atoms with Crippen LogP contribution in [0.1, 0.15) is 17.2 Å². The molecule has 0 aromatic heterocycles. The Morgan fingerprint density at radius 1 is 0.783 bits per heavy atom. The molecule has 0 aliphatic heterocycles. The van der Waals surface area contributed by atoms with Gasteiger partial charge in [-0.2, -0.15) is 8.78 Å². The maximum absolute atomic E-state index is 12.1. The van der Waals surface area contributed by atoms with Crippen molar-refractivity contribution >= 4 is 0 Å². The molecule has 0 unspecified atom stereocenters. The number of alkyl halides is 5. The smallest absolute Gasteiger partial charge is 0.435 e. The fourth-order valence-corrected chi connectivity index (χ4v) is 1.93. The van der Waals surface area contributed by atoms with E-state index >= 15 is 0 Å². The Bertz CT molecular complexity index is 626. The largest absolute Gasteiger partial charge is 0.573 e. The molecule has 124 valence electrons. The average molecular weight is 333 g/mol. The highest BCUT2D eigenvalue weighted by atomic mass is 19.4. The first-order valence-electron chi connectivity index (χ1n) is 6.40. The van der Waals surface area contributed by atoms with Gasteiger partial charge in [-0.05, 0) is 35.4 Å². The molecule has 0 aliphatic carbocycles. The average Bonchev–Trinajstić information content (AvgIpc) is 2.46. The summed E-state index contributed by atoms with van der Waals surface area (Å²) in [4.78, 5) is 0. The lowest BCUT2D eigenvalue weighted by molar-refractivity contribution is -0.274. The zero-order valence-electron chi connectivity index (χ0n) is 11.6. The van der Waals surface area contributed by atoms with Crippen LogP contribution in [-0.2, 0) is 0 Å².